The minimum absolute atomic E-state index is 0.00615. The highest BCUT2D eigenvalue weighted by Crippen LogP contribution is 2.44. The van der Waals surface area contributed by atoms with E-state index in [0.29, 0.717) is 0 Å². The van der Waals surface area contributed by atoms with Crippen molar-refractivity contribution in [2.24, 2.45) is 20.5 Å². The Morgan fingerprint density at radius 2 is 0.932 bits per heavy atom. The molecule has 0 aliphatic heterocycles. The zero-order valence-corrected chi connectivity index (χ0v) is 24.1. The number of benzene rings is 4. The van der Waals surface area contributed by atoms with Crippen LogP contribution in [0.2, 0.25) is 0 Å². The first-order chi connectivity index (χ1) is 20.6. The van der Waals surface area contributed by atoms with Crippen LogP contribution in [-0.2, 0) is 30.4 Å². The van der Waals surface area contributed by atoms with Crippen molar-refractivity contribution in [2.75, 3.05) is 0 Å². The van der Waals surface area contributed by atoms with Crippen molar-refractivity contribution in [1.82, 2.24) is 0 Å². The second kappa shape index (κ2) is 11.0. The van der Waals surface area contributed by atoms with Gasteiger partial charge in [-0.1, -0.05) is 24.3 Å². The van der Waals surface area contributed by atoms with E-state index >= 15 is 0 Å². The summed E-state index contributed by atoms with van der Waals surface area (Å²) in [4.78, 5) is 25.5. The number of hydrogen-bond donors (Lipinski definition) is 3. The average molecular weight is 657 g/mol. The van der Waals surface area contributed by atoms with E-state index in [4.69, 9.17) is 4.55 Å². The number of hydrogen-bond acceptors (Lipinski definition) is 12. The van der Waals surface area contributed by atoms with Gasteiger partial charge in [-0.2, -0.15) is 35.5 Å². The predicted molar refractivity (Wildman–Crippen MR) is 150 cm³/mol. The van der Waals surface area contributed by atoms with E-state index in [1.807, 2.05) is 0 Å². The Kier molecular flexibility index (Phi) is 7.66. The lowest BCUT2D eigenvalue weighted by atomic mass is 9.82. The normalized spacial score (nSPS) is 13.8. The first kappa shape index (κ1) is 30.6. The van der Waals surface area contributed by atoms with E-state index in [-0.39, 0.29) is 22.5 Å². The van der Waals surface area contributed by atoms with Crippen molar-refractivity contribution in [3.8, 4) is 0 Å². The molecular formula is C26H16N4O11S3. The van der Waals surface area contributed by atoms with Gasteiger partial charge < -0.3 is 0 Å². The van der Waals surface area contributed by atoms with Crippen molar-refractivity contribution in [3.63, 3.8) is 0 Å². The molecule has 0 saturated carbocycles. The molecule has 0 radical (unpaired) electrons. The molecule has 15 nitrogen and oxygen atoms in total. The average Bonchev–Trinajstić information content (AvgIpc) is 2.96. The molecule has 18 heteroatoms. The standard InChI is InChI=1S/C26H16N4O11S3/c31-25-18-3-1-2-4-19(18)26(32)23-22(25)20(29-27-14-5-9-16(10-6-14)42(33,34)35)13-21(44(39,40)41)24(23)30-28-15-7-11-17(12-8-15)43(36,37)38/h1-13H,(H,33,34,35)(H,36,37,38)(H,39,40,41). The van der Waals surface area contributed by atoms with Gasteiger partial charge in [0.25, 0.3) is 30.4 Å². The fourth-order valence-corrected chi connectivity index (χ4v) is 5.81. The third kappa shape index (κ3) is 5.97. The second-order valence-corrected chi connectivity index (χ2v) is 13.2. The molecule has 0 amide bonds. The van der Waals surface area contributed by atoms with Crippen molar-refractivity contribution in [1.29, 1.82) is 0 Å². The van der Waals surface area contributed by atoms with Crippen molar-refractivity contribution in [3.05, 3.63) is 101 Å². The Labute approximate surface area is 248 Å². The van der Waals surface area contributed by atoms with Crippen LogP contribution in [0.15, 0.2) is 114 Å². The van der Waals surface area contributed by atoms with Gasteiger partial charge in [-0.05, 0) is 54.6 Å². The van der Waals surface area contributed by atoms with Crippen LogP contribution in [0.1, 0.15) is 31.8 Å². The Morgan fingerprint density at radius 1 is 0.500 bits per heavy atom. The predicted octanol–water partition coefficient (Wildman–Crippen LogP) is 5.03. The maximum absolute atomic E-state index is 13.7. The molecule has 4 aromatic carbocycles. The number of carbonyl (C=O) groups excluding carboxylic acids is 2. The lowest BCUT2D eigenvalue weighted by Gasteiger charge is -2.21. The smallest absolute Gasteiger partial charge is 0.288 e. The van der Waals surface area contributed by atoms with E-state index in [1.54, 1.807) is 0 Å². The van der Waals surface area contributed by atoms with Crippen LogP contribution in [0.3, 0.4) is 0 Å². The maximum atomic E-state index is 13.7. The van der Waals surface area contributed by atoms with Gasteiger partial charge >= 0.3 is 0 Å². The van der Waals surface area contributed by atoms with E-state index in [1.165, 1.54) is 24.3 Å². The highest BCUT2D eigenvalue weighted by molar-refractivity contribution is 7.86. The van der Waals surface area contributed by atoms with Crippen LogP contribution in [0, 0.1) is 0 Å². The molecule has 0 aromatic heterocycles. The summed E-state index contributed by atoms with van der Waals surface area (Å²) >= 11 is 0. The second-order valence-electron chi connectivity index (χ2n) is 9.01. The molecule has 0 bridgehead atoms. The highest BCUT2D eigenvalue weighted by atomic mass is 32.2. The molecule has 0 heterocycles. The van der Waals surface area contributed by atoms with Crippen molar-refractivity contribution in [2.45, 2.75) is 14.7 Å². The minimum Gasteiger partial charge on any atom is -0.288 e. The summed E-state index contributed by atoms with van der Waals surface area (Å²) in [7, 11) is -14.2. The number of carbonyl (C=O) groups is 2. The van der Waals surface area contributed by atoms with Gasteiger partial charge in [-0.25, -0.2) is 0 Å². The van der Waals surface area contributed by atoms with Crippen LogP contribution >= 0.6 is 0 Å². The largest absolute Gasteiger partial charge is 0.296 e. The number of fused-ring (bicyclic) bond motifs is 2. The molecule has 0 atom stereocenters. The molecule has 4 aromatic rings. The lowest BCUT2D eigenvalue weighted by Crippen LogP contribution is -2.22. The van der Waals surface area contributed by atoms with E-state index in [2.05, 4.69) is 20.5 Å². The zero-order chi connectivity index (χ0) is 32.0. The topological polar surface area (TPSA) is 247 Å². The number of nitrogens with zero attached hydrogens (tertiary/aromatic N) is 4. The van der Waals surface area contributed by atoms with Crippen molar-refractivity contribution >= 4 is 64.7 Å². The van der Waals surface area contributed by atoms with Gasteiger partial charge in [0.05, 0.1) is 38.0 Å². The first-order valence-corrected chi connectivity index (χ1v) is 16.2. The fraction of sp³-hybridized carbons (Fsp3) is 0. The van der Waals surface area contributed by atoms with E-state index in [9.17, 15) is 43.9 Å². The molecule has 1 aliphatic carbocycles. The summed E-state index contributed by atoms with van der Waals surface area (Å²) in [5.41, 5.74) is -2.36. The fourth-order valence-electron chi connectivity index (χ4n) is 4.20. The zero-order valence-electron chi connectivity index (χ0n) is 21.6. The highest BCUT2D eigenvalue weighted by Gasteiger charge is 2.37. The van der Waals surface area contributed by atoms with Gasteiger partial charge in [0.1, 0.15) is 10.6 Å². The summed E-state index contributed by atoms with van der Waals surface area (Å²) in [5, 5.41) is 15.5. The monoisotopic (exact) mass is 656 g/mol. The van der Waals surface area contributed by atoms with Gasteiger partial charge in [0.15, 0.2) is 11.6 Å². The molecule has 0 unspecified atom stereocenters. The number of azo groups is 2. The number of rotatable bonds is 7. The third-order valence-corrected chi connectivity index (χ3v) is 8.80. The Bertz CT molecular complexity index is 2260. The molecule has 0 fully saturated rings. The SMILES string of the molecule is O=C1c2ccccc2C(=O)c2c(N=Nc3ccc(S(=O)(=O)O)cc3)c(S(=O)(=O)O)cc(N=Nc3ccc(S(=O)(=O)O)cc3)c21. The van der Waals surface area contributed by atoms with Gasteiger partial charge in [0, 0.05) is 11.1 Å². The molecule has 0 spiro atoms. The van der Waals surface area contributed by atoms with Crippen molar-refractivity contribution < 1.29 is 48.5 Å². The summed E-state index contributed by atoms with van der Waals surface area (Å²) in [5.74, 6) is -1.62. The van der Waals surface area contributed by atoms with Crippen LogP contribution in [0.4, 0.5) is 22.7 Å². The van der Waals surface area contributed by atoms with Crippen LogP contribution in [-0.4, -0.2) is 50.5 Å². The quantitative estimate of drug-likeness (QED) is 0.155. The Hall–Kier alpha value is -4.85. The summed E-state index contributed by atoms with van der Waals surface area (Å²) in [6.45, 7) is 0. The molecule has 3 N–H and O–H groups in total. The summed E-state index contributed by atoms with van der Waals surface area (Å²) < 4.78 is 98.7. The lowest BCUT2D eigenvalue weighted by molar-refractivity contribution is 0.0979. The molecular weight excluding hydrogens is 641 g/mol. The Balaban J connectivity index is 1.73. The van der Waals surface area contributed by atoms with Gasteiger partial charge in [-0.15, -0.1) is 10.2 Å². The summed E-state index contributed by atoms with van der Waals surface area (Å²) in [6.07, 6.45) is 0. The maximum Gasteiger partial charge on any atom is 0.296 e. The van der Waals surface area contributed by atoms with E-state index < -0.39 is 79.1 Å². The molecule has 44 heavy (non-hydrogen) atoms. The van der Waals surface area contributed by atoms with E-state index in [0.717, 1.165) is 54.6 Å². The molecule has 224 valence electrons. The van der Waals surface area contributed by atoms with Gasteiger partial charge in [0.2, 0.25) is 0 Å². The van der Waals surface area contributed by atoms with Crippen LogP contribution in [0.5, 0.6) is 0 Å². The molecule has 5 rings (SSSR count). The minimum atomic E-state index is -5.17. The van der Waals surface area contributed by atoms with Gasteiger partial charge in [-0.3, -0.25) is 23.2 Å². The molecule has 0 saturated heterocycles. The van der Waals surface area contributed by atoms with Crippen LogP contribution in [0.25, 0.3) is 0 Å². The third-order valence-electron chi connectivity index (χ3n) is 6.20. The molecule has 1 aliphatic rings. The van der Waals surface area contributed by atoms with Crippen LogP contribution < -0.4 is 0 Å². The summed E-state index contributed by atoms with van der Waals surface area (Å²) in [6, 6.07) is 14.9. The Morgan fingerprint density at radius 3 is 1.36 bits per heavy atom. The first-order valence-electron chi connectivity index (χ1n) is 11.9. The number of ketones is 2.